The molecule has 11 heavy (non-hydrogen) atoms. The van der Waals surface area contributed by atoms with Crippen molar-refractivity contribution in [1.82, 2.24) is 0 Å². The highest BCUT2D eigenvalue weighted by atomic mass is 16.5. The summed E-state index contributed by atoms with van der Waals surface area (Å²) in [5, 5.41) is 0. The summed E-state index contributed by atoms with van der Waals surface area (Å²) in [7, 11) is 1.37. The number of carbonyl (C=O) groups is 1. The third-order valence-electron chi connectivity index (χ3n) is 1.05. The van der Waals surface area contributed by atoms with Crippen LogP contribution in [0.2, 0.25) is 0 Å². The molecule has 60 valence electrons. The third-order valence-corrected chi connectivity index (χ3v) is 1.05. The maximum Gasteiger partial charge on any atom is 0.306 e. The molecule has 0 unspecified atom stereocenters. The summed E-state index contributed by atoms with van der Waals surface area (Å²) in [6.45, 7) is 3.52. The van der Waals surface area contributed by atoms with Crippen LogP contribution in [0.1, 0.15) is 19.3 Å². The van der Waals surface area contributed by atoms with Gasteiger partial charge in [-0.3, -0.25) is 4.79 Å². The van der Waals surface area contributed by atoms with Gasteiger partial charge in [0.15, 0.2) is 0 Å². The van der Waals surface area contributed by atoms with Gasteiger partial charge in [-0.05, 0) is 0 Å². The van der Waals surface area contributed by atoms with Gasteiger partial charge in [-0.15, -0.1) is 12.5 Å². The molecular weight excluding hydrogens is 140 g/mol. The average Bonchev–Trinajstić information content (AvgIpc) is 2.04. The number of hydrogen-bond acceptors (Lipinski definition) is 2. The molecule has 0 rings (SSSR count). The van der Waals surface area contributed by atoms with Crippen LogP contribution in [0.5, 0.6) is 0 Å². The van der Waals surface area contributed by atoms with Crippen molar-refractivity contribution in [3.63, 3.8) is 0 Å². The maximum atomic E-state index is 10.5. The van der Waals surface area contributed by atoms with Gasteiger partial charge in [-0.25, -0.2) is 0 Å². The monoisotopic (exact) mass is 152 g/mol. The Morgan fingerprint density at radius 1 is 1.64 bits per heavy atom. The molecule has 2 nitrogen and oxygen atoms in total. The number of allylic oxidation sites excluding steroid dienone is 1. The van der Waals surface area contributed by atoms with Crippen LogP contribution in [0.4, 0.5) is 0 Å². The van der Waals surface area contributed by atoms with Gasteiger partial charge in [0.05, 0.1) is 13.5 Å². The van der Waals surface area contributed by atoms with Crippen molar-refractivity contribution >= 4 is 5.97 Å². The highest BCUT2D eigenvalue weighted by Gasteiger charge is 1.94. The molecule has 2 heteroatoms. The van der Waals surface area contributed by atoms with Gasteiger partial charge in [-0.1, -0.05) is 12.0 Å². The Morgan fingerprint density at radius 3 is 2.91 bits per heavy atom. The molecule has 0 aliphatic carbocycles. The first-order chi connectivity index (χ1) is 5.31. The number of ether oxygens (including phenoxy) is 1. The summed E-state index contributed by atoms with van der Waals surface area (Å²) >= 11 is 0. The van der Waals surface area contributed by atoms with E-state index in [1.54, 1.807) is 6.08 Å². The van der Waals surface area contributed by atoms with E-state index < -0.39 is 0 Å². The topological polar surface area (TPSA) is 26.3 Å². The molecule has 0 N–H and O–H groups in total. The molecule has 0 saturated carbocycles. The molecule has 0 aromatic heterocycles. The predicted molar refractivity (Wildman–Crippen MR) is 43.8 cm³/mol. The summed E-state index contributed by atoms with van der Waals surface area (Å²) < 4.78 is 4.43. The van der Waals surface area contributed by atoms with E-state index in [1.807, 2.05) is 0 Å². The normalized spacial score (nSPS) is 7.73. The zero-order valence-corrected chi connectivity index (χ0v) is 6.72. The van der Waals surface area contributed by atoms with E-state index in [2.05, 4.69) is 23.2 Å². The van der Waals surface area contributed by atoms with E-state index in [0.717, 1.165) is 0 Å². The van der Waals surface area contributed by atoms with Crippen molar-refractivity contribution in [1.29, 1.82) is 0 Å². The zero-order valence-electron chi connectivity index (χ0n) is 6.72. The van der Waals surface area contributed by atoms with E-state index >= 15 is 0 Å². The third kappa shape index (κ3) is 6.66. The van der Waals surface area contributed by atoms with Crippen LogP contribution in [0, 0.1) is 11.8 Å². The predicted octanol–water partition coefficient (Wildman–Crippen LogP) is 1.52. The number of hydrogen-bond donors (Lipinski definition) is 0. The van der Waals surface area contributed by atoms with Gasteiger partial charge in [0.1, 0.15) is 0 Å². The lowest BCUT2D eigenvalue weighted by Crippen LogP contribution is -1.98. The molecule has 0 bridgehead atoms. The van der Waals surface area contributed by atoms with Crippen molar-refractivity contribution in [3.05, 3.63) is 12.7 Å². The number of carbonyl (C=O) groups excluding carboxylic acids is 1. The largest absolute Gasteiger partial charge is 0.469 e. The first-order valence-corrected chi connectivity index (χ1v) is 3.44. The van der Waals surface area contributed by atoms with Crippen LogP contribution >= 0.6 is 0 Å². The Bertz CT molecular complexity index is 183. The lowest BCUT2D eigenvalue weighted by molar-refractivity contribution is -0.140. The minimum Gasteiger partial charge on any atom is -0.469 e. The van der Waals surface area contributed by atoms with E-state index in [-0.39, 0.29) is 5.97 Å². The van der Waals surface area contributed by atoms with Crippen molar-refractivity contribution in [2.75, 3.05) is 7.11 Å². The maximum absolute atomic E-state index is 10.5. The first-order valence-electron chi connectivity index (χ1n) is 3.44. The van der Waals surface area contributed by atoms with E-state index in [0.29, 0.717) is 19.3 Å². The van der Waals surface area contributed by atoms with Crippen molar-refractivity contribution < 1.29 is 9.53 Å². The highest BCUT2D eigenvalue weighted by molar-refractivity contribution is 5.69. The van der Waals surface area contributed by atoms with Gasteiger partial charge in [-0.2, -0.15) is 0 Å². The van der Waals surface area contributed by atoms with Gasteiger partial charge in [0.2, 0.25) is 0 Å². The lowest BCUT2D eigenvalue weighted by Gasteiger charge is -1.91. The standard InChI is InChI=1S/C9H12O2/c1-3-4-5-6-7-8-9(10)11-2/h3H,1,4,7-8H2,2H3. The van der Waals surface area contributed by atoms with Crippen LogP contribution in [-0.4, -0.2) is 13.1 Å². The lowest BCUT2D eigenvalue weighted by atomic mass is 10.3. The second-order valence-corrected chi connectivity index (χ2v) is 1.92. The molecule has 0 amide bonds. The molecule has 0 fully saturated rings. The first kappa shape index (κ1) is 9.77. The van der Waals surface area contributed by atoms with Crippen LogP contribution in [-0.2, 0) is 9.53 Å². The molecule has 0 saturated heterocycles. The summed E-state index contributed by atoms with van der Waals surface area (Å²) in [6, 6.07) is 0. The fourth-order valence-electron chi connectivity index (χ4n) is 0.499. The second-order valence-electron chi connectivity index (χ2n) is 1.92. The van der Waals surface area contributed by atoms with Crippen molar-refractivity contribution in [2.45, 2.75) is 19.3 Å². The van der Waals surface area contributed by atoms with Crippen molar-refractivity contribution in [3.8, 4) is 11.8 Å². The van der Waals surface area contributed by atoms with E-state index in [1.165, 1.54) is 7.11 Å². The Morgan fingerprint density at radius 2 is 2.36 bits per heavy atom. The summed E-state index contributed by atoms with van der Waals surface area (Å²) in [5.41, 5.74) is 0. The molecule has 0 atom stereocenters. The summed E-state index contributed by atoms with van der Waals surface area (Å²) in [6.07, 6.45) is 3.35. The Labute approximate surface area is 67.2 Å². The fourth-order valence-corrected chi connectivity index (χ4v) is 0.499. The van der Waals surface area contributed by atoms with Crippen LogP contribution in [0.3, 0.4) is 0 Å². The van der Waals surface area contributed by atoms with E-state index in [9.17, 15) is 4.79 Å². The van der Waals surface area contributed by atoms with Crippen molar-refractivity contribution in [2.24, 2.45) is 0 Å². The molecular formula is C9H12O2. The van der Waals surface area contributed by atoms with Gasteiger partial charge >= 0.3 is 5.97 Å². The molecule has 0 aliphatic rings. The molecule has 0 radical (unpaired) electrons. The average molecular weight is 152 g/mol. The number of rotatable bonds is 3. The molecule has 0 heterocycles. The molecule has 0 spiro atoms. The summed E-state index contributed by atoms with van der Waals surface area (Å²) in [4.78, 5) is 10.5. The Hall–Kier alpha value is -1.23. The number of methoxy groups -OCH3 is 1. The Kier molecular flexibility index (Phi) is 6.11. The minimum absolute atomic E-state index is 0.210. The smallest absolute Gasteiger partial charge is 0.306 e. The van der Waals surface area contributed by atoms with E-state index in [4.69, 9.17) is 0 Å². The number of esters is 1. The van der Waals surface area contributed by atoms with Crippen LogP contribution in [0.25, 0.3) is 0 Å². The van der Waals surface area contributed by atoms with Gasteiger partial charge in [0, 0.05) is 12.8 Å². The Balaban J connectivity index is 3.35. The molecule has 0 aromatic rings. The zero-order chi connectivity index (χ0) is 8.53. The quantitative estimate of drug-likeness (QED) is 0.348. The molecule has 0 aromatic carbocycles. The van der Waals surface area contributed by atoms with Gasteiger partial charge < -0.3 is 4.74 Å². The summed E-state index contributed by atoms with van der Waals surface area (Å²) in [5.74, 6) is 5.46. The second kappa shape index (κ2) is 6.88. The SMILES string of the molecule is C=CCC#CCCC(=O)OC. The van der Waals surface area contributed by atoms with Crippen LogP contribution < -0.4 is 0 Å². The van der Waals surface area contributed by atoms with Gasteiger partial charge in [0.25, 0.3) is 0 Å². The highest BCUT2D eigenvalue weighted by Crippen LogP contribution is 1.89. The minimum atomic E-state index is -0.210. The van der Waals surface area contributed by atoms with Crippen LogP contribution in [0.15, 0.2) is 12.7 Å². The fraction of sp³-hybridized carbons (Fsp3) is 0.444. The molecule has 0 aliphatic heterocycles.